The van der Waals surface area contributed by atoms with Crippen molar-refractivity contribution < 1.29 is 9.90 Å². The monoisotopic (exact) mass is 281 g/mol. The van der Waals surface area contributed by atoms with Crippen LogP contribution in [0.5, 0.6) is 0 Å². The molecule has 0 aromatic heterocycles. The molecular formula is C15H23NO2S. The molecule has 1 aromatic carbocycles. The zero-order valence-electron chi connectivity index (χ0n) is 11.9. The molecule has 3 nitrogen and oxygen atoms in total. The van der Waals surface area contributed by atoms with Crippen LogP contribution in [0.1, 0.15) is 37.3 Å². The number of hydrogen-bond acceptors (Lipinski definition) is 3. The van der Waals surface area contributed by atoms with Crippen LogP contribution in [0, 0.1) is 13.8 Å². The summed E-state index contributed by atoms with van der Waals surface area (Å²) in [5.41, 5.74) is 7.37. The van der Waals surface area contributed by atoms with Crippen LogP contribution in [0.3, 0.4) is 0 Å². The molecule has 3 N–H and O–H groups in total. The number of carbonyl (C=O) groups is 1. The summed E-state index contributed by atoms with van der Waals surface area (Å²) in [4.78, 5) is 12.3. The average Bonchev–Trinajstić information content (AvgIpc) is 2.38. The third kappa shape index (κ3) is 4.55. The number of carboxylic acids is 1. The van der Waals surface area contributed by atoms with E-state index in [1.807, 2.05) is 6.92 Å². The number of benzene rings is 1. The standard InChI is InChI=1S/C15H23NO2S/c1-4-15(16,14(17)18)8-5-9-19-13-7-6-11(2)12(3)10-13/h6-7,10H,4-5,8-9,16H2,1-3H3,(H,17,18). The van der Waals surface area contributed by atoms with Crippen molar-refractivity contribution in [3.8, 4) is 0 Å². The van der Waals surface area contributed by atoms with Crippen LogP contribution in [-0.2, 0) is 4.79 Å². The van der Waals surface area contributed by atoms with E-state index in [2.05, 4.69) is 32.0 Å². The van der Waals surface area contributed by atoms with E-state index in [-0.39, 0.29) is 0 Å². The second-order valence-electron chi connectivity index (χ2n) is 5.01. The molecule has 0 saturated heterocycles. The van der Waals surface area contributed by atoms with Gasteiger partial charge in [-0.2, -0.15) is 0 Å². The summed E-state index contributed by atoms with van der Waals surface area (Å²) in [6.45, 7) is 6.02. The molecule has 0 heterocycles. The van der Waals surface area contributed by atoms with Gasteiger partial charge < -0.3 is 10.8 Å². The van der Waals surface area contributed by atoms with Gasteiger partial charge in [0.25, 0.3) is 0 Å². The Balaban J connectivity index is 2.42. The highest BCUT2D eigenvalue weighted by Crippen LogP contribution is 2.24. The number of thioether (sulfide) groups is 1. The first-order valence-electron chi connectivity index (χ1n) is 6.61. The maximum Gasteiger partial charge on any atom is 0.323 e. The normalized spacial score (nSPS) is 14.1. The predicted molar refractivity (Wildman–Crippen MR) is 80.7 cm³/mol. The number of aliphatic carboxylic acids is 1. The van der Waals surface area contributed by atoms with Gasteiger partial charge in [-0.05, 0) is 62.1 Å². The van der Waals surface area contributed by atoms with Gasteiger partial charge in [-0.1, -0.05) is 13.0 Å². The molecule has 0 radical (unpaired) electrons. The number of aryl methyl sites for hydroxylation is 2. The first kappa shape index (κ1) is 16.1. The highest BCUT2D eigenvalue weighted by Gasteiger charge is 2.30. The summed E-state index contributed by atoms with van der Waals surface area (Å²) in [7, 11) is 0. The van der Waals surface area contributed by atoms with Gasteiger partial charge in [0.05, 0.1) is 0 Å². The SMILES string of the molecule is CCC(N)(CCCSc1ccc(C)c(C)c1)C(=O)O. The van der Waals surface area contributed by atoms with E-state index in [0.29, 0.717) is 12.8 Å². The Hall–Kier alpha value is -1.00. The molecule has 1 atom stereocenters. The molecule has 106 valence electrons. The van der Waals surface area contributed by atoms with Crippen LogP contribution < -0.4 is 5.73 Å². The van der Waals surface area contributed by atoms with Crippen molar-refractivity contribution in [2.24, 2.45) is 5.73 Å². The minimum absolute atomic E-state index is 0.469. The van der Waals surface area contributed by atoms with Crippen LogP contribution in [0.25, 0.3) is 0 Å². The van der Waals surface area contributed by atoms with Crippen LogP contribution in [-0.4, -0.2) is 22.4 Å². The van der Waals surface area contributed by atoms with E-state index in [1.54, 1.807) is 11.8 Å². The van der Waals surface area contributed by atoms with Crippen LogP contribution in [0.15, 0.2) is 23.1 Å². The Morgan fingerprint density at radius 1 is 1.37 bits per heavy atom. The molecule has 4 heteroatoms. The Morgan fingerprint density at radius 2 is 2.05 bits per heavy atom. The van der Waals surface area contributed by atoms with E-state index in [4.69, 9.17) is 10.8 Å². The number of rotatable bonds is 7. The molecule has 0 amide bonds. The molecule has 0 saturated carbocycles. The molecule has 1 unspecified atom stereocenters. The molecule has 0 spiro atoms. The minimum Gasteiger partial charge on any atom is -0.480 e. The van der Waals surface area contributed by atoms with Gasteiger partial charge in [-0.25, -0.2) is 0 Å². The first-order valence-corrected chi connectivity index (χ1v) is 7.60. The summed E-state index contributed by atoms with van der Waals surface area (Å²) in [5, 5.41) is 9.08. The van der Waals surface area contributed by atoms with E-state index >= 15 is 0 Å². The Kier molecular flexibility index (Phi) is 5.88. The molecule has 0 aliphatic rings. The molecule has 0 fully saturated rings. The lowest BCUT2D eigenvalue weighted by atomic mass is 9.92. The van der Waals surface area contributed by atoms with Gasteiger partial charge >= 0.3 is 5.97 Å². The van der Waals surface area contributed by atoms with Gasteiger partial charge in [0.15, 0.2) is 0 Å². The van der Waals surface area contributed by atoms with Crippen molar-refractivity contribution in [3.05, 3.63) is 29.3 Å². The fourth-order valence-corrected chi connectivity index (χ4v) is 2.77. The minimum atomic E-state index is -1.07. The van der Waals surface area contributed by atoms with Gasteiger partial charge in [0.2, 0.25) is 0 Å². The van der Waals surface area contributed by atoms with Crippen molar-refractivity contribution in [2.75, 3.05) is 5.75 Å². The third-order valence-electron chi connectivity index (χ3n) is 3.57. The lowest BCUT2D eigenvalue weighted by molar-refractivity contribution is -0.143. The highest BCUT2D eigenvalue weighted by atomic mass is 32.2. The second-order valence-corrected chi connectivity index (χ2v) is 6.18. The van der Waals surface area contributed by atoms with Crippen LogP contribution in [0.4, 0.5) is 0 Å². The number of nitrogens with two attached hydrogens (primary N) is 1. The van der Waals surface area contributed by atoms with E-state index in [0.717, 1.165) is 12.2 Å². The highest BCUT2D eigenvalue weighted by molar-refractivity contribution is 7.99. The Labute approximate surface area is 119 Å². The molecule has 1 aromatic rings. The largest absolute Gasteiger partial charge is 0.480 e. The lowest BCUT2D eigenvalue weighted by Gasteiger charge is -2.22. The summed E-state index contributed by atoms with van der Waals surface area (Å²) >= 11 is 1.76. The van der Waals surface area contributed by atoms with Crippen molar-refractivity contribution in [3.63, 3.8) is 0 Å². The van der Waals surface area contributed by atoms with Gasteiger partial charge in [-0.15, -0.1) is 11.8 Å². The summed E-state index contributed by atoms with van der Waals surface area (Å²) < 4.78 is 0. The topological polar surface area (TPSA) is 63.3 Å². The molecule has 1 rings (SSSR count). The fraction of sp³-hybridized carbons (Fsp3) is 0.533. The van der Waals surface area contributed by atoms with Gasteiger partial charge in [0.1, 0.15) is 5.54 Å². The van der Waals surface area contributed by atoms with Gasteiger partial charge in [-0.3, -0.25) is 4.79 Å². The zero-order chi connectivity index (χ0) is 14.5. The maximum absolute atomic E-state index is 11.1. The van der Waals surface area contributed by atoms with Crippen molar-refractivity contribution in [2.45, 2.75) is 50.5 Å². The third-order valence-corrected chi connectivity index (χ3v) is 4.65. The van der Waals surface area contributed by atoms with E-state index < -0.39 is 11.5 Å². The number of hydrogen-bond donors (Lipinski definition) is 2. The molecule has 19 heavy (non-hydrogen) atoms. The smallest absolute Gasteiger partial charge is 0.323 e. The number of carboxylic acid groups (broad SMARTS) is 1. The summed E-state index contributed by atoms with van der Waals surface area (Å²) in [5.74, 6) is 0.000495. The Morgan fingerprint density at radius 3 is 2.58 bits per heavy atom. The fourth-order valence-electron chi connectivity index (χ4n) is 1.82. The van der Waals surface area contributed by atoms with Crippen LogP contribution >= 0.6 is 11.8 Å². The molecule has 0 bridgehead atoms. The van der Waals surface area contributed by atoms with Gasteiger partial charge in [0, 0.05) is 4.90 Å². The maximum atomic E-state index is 11.1. The average molecular weight is 281 g/mol. The summed E-state index contributed by atoms with van der Waals surface area (Å²) in [6.07, 6.45) is 1.81. The Bertz CT molecular complexity index is 448. The van der Waals surface area contributed by atoms with Crippen molar-refractivity contribution in [1.82, 2.24) is 0 Å². The molecule has 0 aliphatic heterocycles. The quantitative estimate of drug-likeness (QED) is 0.594. The van der Waals surface area contributed by atoms with Crippen molar-refractivity contribution in [1.29, 1.82) is 0 Å². The van der Waals surface area contributed by atoms with E-state index in [1.165, 1.54) is 16.0 Å². The lowest BCUT2D eigenvalue weighted by Crippen LogP contribution is -2.47. The molecule has 0 aliphatic carbocycles. The zero-order valence-corrected chi connectivity index (χ0v) is 12.7. The van der Waals surface area contributed by atoms with Crippen molar-refractivity contribution >= 4 is 17.7 Å². The van der Waals surface area contributed by atoms with Crippen LogP contribution in [0.2, 0.25) is 0 Å². The second kappa shape index (κ2) is 6.96. The van der Waals surface area contributed by atoms with E-state index in [9.17, 15) is 4.79 Å². The predicted octanol–water partition coefficient (Wildman–Crippen LogP) is 3.37. The first-order chi connectivity index (χ1) is 8.89. The molecular weight excluding hydrogens is 258 g/mol. The summed E-state index contributed by atoms with van der Waals surface area (Å²) in [6, 6.07) is 6.40.